The van der Waals surface area contributed by atoms with E-state index in [1.54, 1.807) is 25.3 Å². The average Bonchev–Trinajstić information content (AvgIpc) is 3.25. The summed E-state index contributed by atoms with van der Waals surface area (Å²) in [6, 6.07) is 19.9. The number of pyridine rings is 1. The molecule has 5 aromatic rings. The average molecular weight is 500 g/mol. The number of hydrogen-bond donors (Lipinski definition) is 2. The van der Waals surface area contributed by atoms with Crippen LogP contribution in [0.5, 0.6) is 5.75 Å². The second-order valence-corrected chi connectivity index (χ2v) is 9.41. The van der Waals surface area contributed by atoms with Gasteiger partial charge >= 0.3 is 11.9 Å². The van der Waals surface area contributed by atoms with Crippen LogP contribution in [0.15, 0.2) is 71.5 Å². The van der Waals surface area contributed by atoms with Crippen molar-refractivity contribution in [2.45, 2.75) is 13.3 Å². The first-order chi connectivity index (χ1) is 17.3. The summed E-state index contributed by atoms with van der Waals surface area (Å²) < 4.78 is 6.30. The molecule has 0 radical (unpaired) electrons. The molecule has 0 unspecified atom stereocenters. The van der Waals surface area contributed by atoms with E-state index in [0.717, 1.165) is 37.6 Å². The minimum atomic E-state index is -1.31. The highest BCUT2D eigenvalue weighted by Gasteiger charge is 2.27. The van der Waals surface area contributed by atoms with Gasteiger partial charge in [-0.1, -0.05) is 42.5 Å². The number of hydrogen-bond acceptors (Lipinski definition) is 5. The number of carboxylic acids is 2. The summed E-state index contributed by atoms with van der Waals surface area (Å²) in [7, 11) is 1.54. The molecule has 0 fully saturated rings. The van der Waals surface area contributed by atoms with Crippen LogP contribution in [0.3, 0.4) is 0 Å². The van der Waals surface area contributed by atoms with Gasteiger partial charge in [-0.25, -0.2) is 9.59 Å². The maximum atomic E-state index is 13.3. The third kappa shape index (κ3) is 3.81. The molecule has 0 atom stereocenters. The van der Waals surface area contributed by atoms with Crippen LogP contribution < -0.4 is 10.3 Å². The summed E-state index contributed by atoms with van der Waals surface area (Å²) in [5.74, 6) is -1.90. The summed E-state index contributed by atoms with van der Waals surface area (Å²) in [4.78, 5) is 38.5. The first-order valence-corrected chi connectivity index (χ1v) is 11.9. The molecule has 0 amide bonds. The van der Waals surface area contributed by atoms with Crippen LogP contribution in [0.2, 0.25) is 0 Å². The standard InChI is InChI=1S/C28H21NO6S/c1-15-12-18(10-11-21(15)35-2)25-24(28(33)34)29-22(30)14-19(23(27(31)32)26(29)36-25)13-17-8-5-7-16-6-3-4-9-20(16)17/h3-12,14H,13H2,1-2H3,(H,31,32)(H,33,34). The van der Waals surface area contributed by atoms with Crippen LogP contribution in [0.1, 0.15) is 37.5 Å². The van der Waals surface area contributed by atoms with E-state index in [-0.39, 0.29) is 22.5 Å². The van der Waals surface area contributed by atoms with Gasteiger partial charge in [-0.2, -0.15) is 0 Å². The van der Waals surface area contributed by atoms with Gasteiger partial charge in [0, 0.05) is 6.07 Å². The second kappa shape index (κ2) is 8.98. The summed E-state index contributed by atoms with van der Waals surface area (Å²) in [6.45, 7) is 1.83. The van der Waals surface area contributed by atoms with Crippen LogP contribution in [0.25, 0.3) is 26.0 Å². The molecular formula is C28H21NO6S. The Labute approximate surface area is 209 Å². The molecule has 5 rings (SSSR count). The Morgan fingerprint density at radius 1 is 0.944 bits per heavy atom. The SMILES string of the molecule is COc1ccc(-c2sc3c(C(=O)O)c(Cc4cccc5ccccc45)cc(=O)n3c2C(=O)O)cc1C. The molecule has 2 aromatic heterocycles. The van der Waals surface area contributed by atoms with E-state index in [2.05, 4.69) is 0 Å². The Balaban J connectivity index is 1.78. The Hall–Kier alpha value is -4.43. The van der Waals surface area contributed by atoms with Crippen molar-refractivity contribution in [3.8, 4) is 16.2 Å². The van der Waals surface area contributed by atoms with Gasteiger partial charge in [0.05, 0.1) is 17.6 Å². The van der Waals surface area contributed by atoms with E-state index in [9.17, 15) is 24.6 Å². The largest absolute Gasteiger partial charge is 0.496 e. The highest BCUT2D eigenvalue weighted by Crippen LogP contribution is 2.37. The number of methoxy groups -OCH3 is 1. The molecule has 8 heteroatoms. The zero-order valence-corrected chi connectivity index (χ0v) is 20.3. The third-order valence-electron chi connectivity index (χ3n) is 6.23. The van der Waals surface area contributed by atoms with E-state index in [1.165, 1.54) is 6.07 Å². The molecule has 7 nitrogen and oxygen atoms in total. The summed E-state index contributed by atoms with van der Waals surface area (Å²) in [5, 5.41) is 22.2. The lowest BCUT2D eigenvalue weighted by molar-refractivity contribution is 0.0679. The first-order valence-electron chi connectivity index (χ1n) is 11.1. The quantitative estimate of drug-likeness (QED) is 0.320. The van der Waals surface area contributed by atoms with Crippen LogP contribution in [-0.4, -0.2) is 33.7 Å². The van der Waals surface area contributed by atoms with Crippen molar-refractivity contribution in [3.05, 3.63) is 105 Å². The lowest BCUT2D eigenvalue weighted by Gasteiger charge is -2.10. The number of nitrogens with zero attached hydrogens (tertiary/aromatic N) is 1. The number of carboxylic acid groups (broad SMARTS) is 2. The molecule has 2 N–H and O–H groups in total. The number of carbonyl (C=O) groups is 2. The lowest BCUT2D eigenvalue weighted by Crippen LogP contribution is -2.21. The smallest absolute Gasteiger partial charge is 0.354 e. The number of aryl methyl sites for hydroxylation is 1. The molecule has 0 aliphatic rings. The van der Waals surface area contributed by atoms with E-state index in [4.69, 9.17) is 4.74 Å². The molecule has 0 aliphatic heterocycles. The number of aromatic carboxylic acids is 2. The number of thiazole rings is 1. The Kier molecular flexibility index (Phi) is 5.81. The lowest BCUT2D eigenvalue weighted by atomic mass is 9.96. The minimum Gasteiger partial charge on any atom is -0.496 e. The van der Waals surface area contributed by atoms with Gasteiger partial charge in [0.15, 0.2) is 5.69 Å². The molecule has 0 saturated carbocycles. The predicted molar refractivity (Wildman–Crippen MR) is 139 cm³/mol. The van der Waals surface area contributed by atoms with Gasteiger partial charge in [-0.15, -0.1) is 11.3 Å². The van der Waals surface area contributed by atoms with Crippen molar-refractivity contribution in [3.63, 3.8) is 0 Å². The summed E-state index contributed by atoms with van der Waals surface area (Å²) >= 11 is 0.985. The van der Waals surface area contributed by atoms with Gasteiger partial charge in [-0.3, -0.25) is 9.20 Å². The molecule has 0 aliphatic carbocycles. The molecule has 3 aromatic carbocycles. The molecule has 0 bridgehead atoms. The normalized spacial score (nSPS) is 11.2. The predicted octanol–water partition coefficient (Wildman–Crippen LogP) is 5.49. The number of ether oxygens (including phenoxy) is 1. The monoisotopic (exact) mass is 499 g/mol. The highest BCUT2D eigenvalue weighted by molar-refractivity contribution is 7.21. The van der Waals surface area contributed by atoms with Crippen molar-refractivity contribution in [1.29, 1.82) is 0 Å². The highest BCUT2D eigenvalue weighted by atomic mass is 32.1. The van der Waals surface area contributed by atoms with E-state index >= 15 is 0 Å². The van der Waals surface area contributed by atoms with E-state index in [1.807, 2.05) is 49.4 Å². The van der Waals surface area contributed by atoms with E-state index in [0.29, 0.717) is 21.8 Å². The minimum absolute atomic E-state index is 0.0773. The van der Waals surface area contributed by atoms with Gasteiger partial charge in [0.2, 0.25) is 0 Å². The molecule has 2 heterocycles. The summed E-state index contributed by atoms with van der Waals surface area (Å²) in [6.07, 6.45) is 0.214. The molecule has 180 valence electrons. The fourth-order valence-corrected chi connectivity index (χ4v) is 5.92. The van der Waals surface area contributed by atoms with Crippen LogP contribution >= 0.6 is 11.3 Å². The first kappa shape index (κ1) is 23.3. The van der Waals surface area contributed by atoms with Crippen molar-refractivity contribution in [2.24, 2.45) is 0 Å². The number of benzene rings is 3. The molecule has 36 heavy (non-hydrogen) atoms. The maximum absolute atomic E-state index is 13.3. The van der Waals surface area contributed by atoms with Gasteiger partial charge in [-0.05, 0) is 64.6 Å². The van der Waals surface area contributed by atoms with Crippen molar-refractivity contribution in [2.75, 3.05) is 7.11 Å². The van der Waals surface area contributed by atoms with Gasteiger partial charge in [0.1, 0.15) is 10.6 Å². The molecule has 0 spiro atoms. The summed E-state index contributed by atoms with van der Waals surface area (Å²) in [5.41, 5.74) is 1.63. The second-order valence-electron chi connectivity index (χ2n) is 8.41. The zero-order chi connectivity index (χ0) is 25.6. The van der Waals surface area contributed by atoms with Crippen molar-refractivity contribution in [1.82, 2.24) is 4.40 Å². The third-order valence-corrected chi connectivity index (χ3v) is 7.44. The number of fused-ring (bicyclic) bond motifs is 2. The van der Waals surface area contributed by atoms with Crippen molar-refractivity contribution >= 4 is 38.9 Å². The fourth-order valence-electron chi connectivity index (χ4n) is 4.62. The van der Waals surface area contributed by atoms with Crippen molar-refractivity contribution < 1.29 is 24.5 Å². The van der Waals surface area contributed by atoms with Crippen LogP contribution in [0.4, 0.5) is 0 Å². The number of aromatic nitrogens is 1. The van der Waals surface area contributed by atoms with Crippen LogP contribution in [0, 0.1) is 6.92 Å². The fraction of sp³-hybridized carbons (Fsp3) is 0.107. The Bertz CT molecular complexity index is 1740. The number of rotatable bonds is 6. The Morgan fingerprint density at radius 3 is 2.39 bits per heavy atom. The Morgan fingerprint density at radius 2 is 1.69 bits per heavy atom. The zero-order valence-electron chi connectivity index (χ0n) is 19.4. The van der Waals surface area contributed by atoms with Gasteiger partial charge < -0.3 is 14.9 Å². The van der Waals surface area contributed by atoms with Crippen LogP contribution in [-0.2, 0) is 6.42 Å². The maximum Gasteiger partial charge on any atom is 0.354 e. The van der Waals surface area contributed by atoms with Gasteiger partial charge in [0.25, 0.3) is 5.56 Å². The molecule has 0 saturated heterocycles. The van der Waals surface area contributed by atoms with E-state index < -0.39 is 17.5 Å². The topological polar surface area (TPSA) is 105 Å². The molecular weight excluding hydrogens is 478 g/mol.